The van der Waals surface area contributed by atoms with Gasteiger partial charge in [-0.2, -0.15) is 5.26 Å². The van der Waals surface area contributed by atoms with Crippen molar-refractivity contribution in [2.45, 2.75) is 33.6 Å². The van der Waals surface area contributed by atoms with Gasteiger partial charge < -0.3 is 4.42 Å². The minimum Gasteiger partial charge on any atom is -0.446 e. The number of rotatable bonds is 3. The molecule has 3 nitrogen and oxygen atoms in total. The van der Waals surface area contributed by atoms with Gasteiger partial charge in [0.25, 0.3) is 0 Å². The van der Waals surface area contributed by atoms with E-state index in [1.54, 1.807) is 0 Å². The van der Waals surface area contributed by atoms with E-state index in [-0.39, 0.29) is 0 Å². The highest BCUT2D eigenvalue weighted by Gasteiger charge is 2.09. The lowest BCUT2D eigenvalue weighted by molar-refractivity contribution is 0.440. The second-order valence-electron chi connectivity index (χ2n) is 3.54. The molecule has 70 valence electrons. The molecule has 0 aliphatic rings. The molecule has 1 rings (SSSR count). The number of hydrogen-bond donors (Lipinski definition) is 0. The number of nitrogens with zero attached hydrogens (tertiary/aromatic N) is 2. The first-order valence-electron chi connectivity index (χ1n) is 4.45. The fourth-order valence-corrected chi connectivity index (χ4v) is 1.16. The van der Waals surface area contributed by atoms with E-state index in [0.29, 0.717) is 12.3 Å². The number of aryl methyl sites for hydroxylation is 1. The number of aromatic nitrogens is 1. The van der Waals surface area contributed by atoms with Crippen LogP contribution in [0.25, 0.3) is 0 Å². The molecule has 0 aliphatic carbocycles. The number of oxazole rings is 1. The maximum Gasteiger partial charge on any atom is 0.194 e. The number of hydrogen-bond acceptors (Lipinski definition) is 3. The standard InChI is InChI=1S/C10H14N2O/c1-7(2)6-10-12-9(4-5-11)8(3)13-10/h7H,4,6H2,1-3H3. The van der Waals surface area contributed by atoms with Crippen LogP contribution in [-0.4, -0.2) is 4.98 Å². The monoisotopic (exact) mass is 178 g/mol. The zero-order valence-electron chi connectivity index (χ0n) is 8.29. The molecule has 0 radical (unpaired) electrons. The zero-order valence-corrected chi connectivity index (χ0v) is 8.29. The van der Waals surface area contributed by atoms with Crippen molar-refractivity contribution in [1.29, 1.82) is 5.26 Å². The summed E-state index contributed by atoms with van der Waals surface area (Å²) < 4.78 is 5.42. The van der Waals surface area contributed by atoms with Gasteiger partial charge >= 0.3 is 0 Å². The van der Waals surface area contributed by atoms with E-state index in [9.17, 15) is 0 Å². The molecule has 1 aromatic heterocycles. The molecule has 13 heavy (non-hydrogen) atoms. The highest BCUT2D eigenvalue weighted by molar-refractivity contribution is 5.12. The molecule has 0 unspecified atom stereocenters. The normalized spacial score (nSPS) is 10.4. The van der Waals surface area contributed by atoms with Gasteiger partial charge in [-0.25, -0.2) is 4.98 Å². The molecule has 3 heteroatoms. The maximum absolute atomic E-state index is 8.50. The van der Waals surface area contributed by atoms with Gasteiger partial charge in [-0.05, 0) is 12.8 Å². The van der Waals surface area contributed by atoms with E-state index in [2.05, 4.69) is 24.9 Å². The summed E-state index contributed by atoms with van der Waals surface area (Å²) in [4.78, 5) is 4.25. The lowest BCUT2D eigenvalue weighted by Gasteiger charge is -1.97. The Balaban J connectivity index is 2.77. The van der Waals surface area contributed by atoms with Gasteiger partial charge in [-0.3, -0.25) is 0 Å². The van der Waals surface area contributed by atoms with Crippen molar-refractivity contribution < 1.29 is 4.42 Å². The van der Waals surface area contributed by atoms with Crippen molar-refractivity contribution in [1.82, 2.24) is 4.98 Å². The van der Waals surface area contributed by atoms with Crippen molar-refractivity contribution in [2.75, 3.05) is 0 Å². The van der Waals surface area contributed by atoms with Crippen molar-refractivity contribution in [2.24, 2.45) is 5.92 Å². The summed E-state index contributed by atoms with van der Waals surface area (Å²) in [5, 5.41) is 8.50. The van der Waals surface area contributed by atoms with Crippen molar-refractivity contribution in [3.8, 4) is 6.07 Å². The van der Waals surface area contributed by atoms with Crippen LogP contribution in [0.5, 0.6) is 0 Å². The SMILES string of the molecule is Cc1oc(CC(C)C)nc1CC#N. The predicted molar refractivity (Wildman–Crippen MR) is 49.1 cm³/mol. The van der Waals surface area contributed by atoms with E-state index < -0.39 is 0 Å². The Hall–Kier alpha value is -1.30. The quantitative estimate of drug-likeness (QED) is 0.713. The molecule has 0 atom stereocenters. The largest absolute Gasteiger partial charge is 0.446 e. The molecule has 0 saturated heterocycles. The lowest BCUT2D eigenvalue weighted by atomic mass is 10.1. The van der Waals surface area contributed by atoms with Gasteiger partial charge in [0, 0.05) is 6.42 Å². The Labute approximate surface area is 78.4 Å². The molecule has 0 aliphatic heterocycles. The zero-order chi connectivity index (χ0) is 9.84. The van der Waals surface area contributed by atoms with Gasteiger partial charge in [0.15, 0.2) is 5.89 Å². The van der Waals surface area contributed by atoms with E-state index in [1.807, 2.05) is 6.92 Å². The van der Waals surface area contributed by atoms with Crippen LogP contribution >= 0.6 is 0 Å². The first-order valence-corrected chi connectivity index (χ1v) is 4.45. The van der Waals surface area contributed by atoms with Crippen LogP contribution < -0.4 is 0 Å². The Morgan fingerprint density at radius 1 is 1.54 bits per heavy atom. The Kier molecular flexibility index (Phi) is 3.07. The molecular formula is C10H14N2O. The van der Waals surface area contributed by atoms with Crippen LogP contribution in [0.4, 0.5) is 0 Å². The van der Waals surface area contributed by atoms with Crippen molar-refractivity contribution in [3.05, 3.63) is 17.3 Å². The molecule has 0 N–H and O–H groups in total. The molecule has 1 heterocycles. The fourth-order valence-electron chi connectivity index (χ4n) is 1.16. The minimum atomic E-state index is 0.341. The van der Waals surface area contributed by atoms with Crippen molar-refractivity contribution in [3.63, 3.8) is 0 Å². The Bertz CT molecular complexity index is 320. The Morgan fingerprint density at radius 3 is 2.77 bits per heavy atom. The van der Waals surface area contributed by atoms with Crippen molar-refractivity contribution >= 4 is 0 Å². The first kappa shape index (κ1) is 9.79. The lowest BCUT2D eigenvalue weighted by Crippen LogP contribution is -1.94. The van der Waals surface area contributed by atoms with Crippen LogP contribution in [0.1, 0.15) is 31.2 Å². The van der Waals surface area contributed by atoms with Gasteiger partial charge in [-0.15, -0.1) is 0 Å². The van der Waals surface area contributed by atoms with Crippen LogP contribution in [0, 0.1) is 24.2 Å². The van der Waals surface area contributed by atoms with E-state index in [4.69, 9.17) is 9.68 Å². The highest BCUT2D eigenvalue weighted by Crippen LogP contribution is 2.13. The average molecular weight is 178 g/mol. The van der Waals surface area contributed by atoms with Crippen LogP contribution in [0.2, 0.25) is 0 Å². The second-order valence-corrected chi connectivity index (χ2v) is 3.54. The predicted octanol–water partition coefficient (Wildman–Crippen LogP) is 2.25. The Morgan fingerprint density at radius 2 is 2.23 bits per heavy atom. The molecule has 0 saturated carbocycles. The van der Waals surface area contributed by atoms with E-state index in [0.717, 1.165) is 23.8 Å². The summed E-state index contributed by atoms with van der Waals surface area (Å²) >= 11 is 0. The minimum absolute atomic E-state index is 0.341. The molecule has 0 aromatic carbocycles. The molecule has 0 bridgehead atoms. The third kappa shape index (κ3) is 2.59. The third-order valence-corrected chi connectivity index (χ3v) is 1.77. The highest BCUT2D eigenvalue weighted by atomic mass is 16.4. The summed E-state index contributed by atoms with van der Waals surface area (Å²) in [5.74, 6) is 2.06. The van der Waals surface area contributed by atoms with Gasteiger partial charge in [0.05, 0.1) is 18.2 Å². The van der Waals surface area contributed by atoms with Gasteiger partial charge in [0.1, 0.15) is 5.76 Å². The van der Waals surface area contributed by atoms with Gasteiger partial charge in [-0.1, -0.05) is 13.8 Å². The number of nitriles is 1. The topological polar surface area (TPSA) is 49.8 Å². The van der Waals surface area contributed by atoms with Crippen LogP contribution in [0.15, 0.2) is 4.42 Å². The fraction of sp³-hybridized carbons (Fsp3) is 0.600. The third-order valence-electron chi connectivity index (χ3n) is 1.77. The summed E-state index contributed by atoms with van der Waals surface area (Å²) in [6.45, 7) is 6.08. The molecule has 1 aromatic rings. The van der Waals surface area contributed by atoms with Crippen LogP contribution in [-0.2, 0) is 12.8 Å². The molecular weight excluding hydrogens is 164 g/mol. The molecule has 0 spiro atoms. The summed E-state index contributed by atoms with van der Waals surface area (Å²) in [6.07, 6.45) is 1.18. The van der Waals surface area contributed by atoms with E-state index in [1.165, 1.54) is 0 Å². The molecule has 0 amide bonds. The van der Waals surface area contributed by atoms with E-state index >= 15 is 0 Å². The first-order chi connectivity index (χ1) is 6.13. The summed E-state index contributed by atoms with van der Waals surface area (Å²) in [7, 11) is 0. The second kappa shape index (κ2) is 4.08. The van der Waals surface area contributed by atoms with Gasteiger partial charge in [0.2, 0.25) is 0 Å². The average Bonchev–Trinajstić information content (AvgIpc) is 2.31. The smallest absolute Gasteiger partial charge is 0.194 e. The van der Waals surface area contributed by atoms with Crippen LogP contribution in [0.3, 0.4) is 0 Å². The molecule has 0 fully saturated rings. The summed E-state index contributed by atoms with van der Waals surface area (Å²) in [5.41, 5.74) is 0.776. The summed E-state index contributed by atoms with van der Waals surface area (Å²) in [6, 6.07) is 2.07. The maximum atomic E-state index is 8.50.